The van der Waals surface area contributed by atoms with Gasteiger partial charge in [-0.05, 0) is 18.2 Å². The molecule has 0 aliphatic rings. The predicted octanol–water partition coefficient (Wildman–Crippen LogP) is 0.958. The normalized spacial score (nSPS) is 10.7. The van der Waals surface area contributed by atoms with Crippen LogP contribution in [0.4, 0.5) is 10.1 Å². The number of aliphatic hydroxyl groups is 1. The zero-order valence-electron chi connectivity index (χ0n) is 10.00. The summed E-state index contributed by atoms with van der Waals surface area (Å²) in [6, 6.07) is 3.07. The largest absolute Gasteiger partial charge is 0.384 e. The number of sulfonamides is 1. The van der Waals surface area contributed by atoms with Gasteiger partial charge >= 0.3 is 0 Å². The van der Waals surface area contributed by atoms with Crippen LogP contribution in [0.1, 0.15) is 5.56 Å². The molecule has 1 heterocycles. The Kier molecular flexibility index (Phi) is 4.02. The van der Waals surface area contributed by atoms with E-state index in [9.17, 15) is 12.8 Å². The van der Waals surface area contributed by atoms with Crippen molar-refractivity contribution in [3.05, 3.63) is 42.0 Å². The van der Waals surface area contributed by atoms with E-state index < -0.39 is 22.4 Å². The SMILES string of the molecule is O=S(=O)(Nc1cnoc1)c1ccc(F)cc1C#CCO. The first-order chi connectivity index (χ1) is 9.53. The topological polar surface area (TPSA) is 92.4 Å². The van der Waals surface area contributed by atoms with Crippen molar-refractivity contribution in [1.29, 1.82) is 0 Å². The number of aliphatic hydroxyl groups excluding tert-OH is 1. The molecule has 0 fully saturated rings. The highest BCUT2D eigenvalue weighted by atomic mass is 32.2. The molecule has 0 amide bonds. The molecule has 2 N–H and O–H groups in total. The summed E-state index contributed by atoms with van der Waals surface area (Å²) >= 11 is 0. The molecule has 0 spiro atoms. The minimum absolute atomic E-state index is 0.0528. The highest BCUT2D eigenvalue weighted by Gasteiger charge is 2.19. The van der Waals surface area contributed by atoms with Crippen molar-refractivity contribution in [2.24, 2.45) is 0 Å². The molecular weight excluding hydrogens is 287 g/mol. The van der Waals surface area contributed by atoms with E-state index in [1.165, 1.54) is 6.20 Å². The quantitative estimate of drug-likeness (QED) is 0.823. The molecule has 6 nitrogen and oxygen atoms in total. The van der Waals surface area contributed by atoms with Gasteiger partial charge in [0.15, 0.2) is 0 Å². The molecule has 0 saturated carbocycles. The maximum Gasteiger partial charge on any atom is 0.263 e. The highest BCUT2D eigenvalue weighted by molar-refractivity contribution is 7.92. The van der Waals surface area contributed by atoms with E-state index in [2.05, 4.69) is 26.2 Å². The summed E-state index contributed by atoms with van der Waals surface area (Å²) in [4.78, 5) is -0.207. The third-order valence-corrected chi connectivity index (χ3v) is 3.66. The van der Waals surface area contributed by atoms with E-state index in [1.54, 1.807) is 0 Å². The molecule has 0 saturated heterocycles. The molecule has 20 heavy (non-hydrogen) atoms. The first kappa shape index (κ1) is 14.0. The Labute approximate surface area is 114 Å². The van der Waals surface area contributed by atoms with Gasteiger partial charge in [0.2, 0.25) is 0 Å². The van der Waals surface area contributed by atoms with Crippen molar-refractivity contribution >= 4 is 15.7 Å². The van der Waals surface area contributed by atoms with Crippen molar-refractivity contribution in [2.45, 2.75) is 4.90 Å². The van der Waals surface area contributed by atoms with Gasteiger partial charge in [0.25, 0.3) is 10.0 Å². The molecular formula is C12H9FN2O4S. The van der Waals surface area contributed by atoms with Gasteiger partial charge in [-0.1, -0.05) is 17.0 Å². The van der Waals surface area contributed by atoms with E-state index in [1.807, 2.05) is 0 Å². The van der Waals surface area contributed by atoms with Crippen molar-refractivity contribution in [3.63, 3.8) is 0 Å². The van der Waals surface area contributed by atoms with E-state index in [0.29, 0.717) is 0 Å². The second-order valence-corrected chi connectivity index (χ2v) is 5.27. The Morgan fingerprint density at radius 2 is 2.25 bits per heavy atom. The van der Waals surface area contributed by atoms with E-state index in [4.69, 9.17) is 5.11 Å². The van der Waals surface area contributed by atoms with Gasteiger partial charge in [-0.25, -0.2) is 12.8 Å². The molecule has 0 aliphatic carbocycles. The number of aromatic nitrogens is 1. The number of anilines is 1. The van der Waals surface area contributed by atoms with Gasteiger partial charge in [-0.2, -0.15) is 0 Å². The van der Waals surface area contributed by atoms with Crippen molar-refractivity contribution in [3.8, 4) is 11.8 Å². The lowest BCUT2D eigenvalue weighted by Crippen LogP contribution is -2.14. The lowest BCUT2D eigenvalue weighted by molar-refractivity contribution is 0.350. The Morgan fingerprint density at radius 1 is 1.45 bits per heavy atom. The molecule has 2 rings (SSSR count). The van der Waals surface area contributed by atoms with Crippen LogP contribution >= 0.6 is 0 Å². The van der Waals surface area contributed by atoms with Crippen LogP contribution in [0.3, 0.4) is 0 Å². The number of rotatable bonds is 3. The van der Waals surface area contributed by atoms with Crippen LogP contribution in [0.15, 0.2) is 40.1 Å². The Bertz CT molecular complexity index is 760. The lowest BCUT2D eigenvalue weighted by Gasteiger charge is -2.07. The maximum absolute atomic E-state index is 13.2. The van der Waals surface area contributed by atoms with Crippen LogP contribution in [-0.4, -0.2) is 25.3 Å². The highest BCUT2D eigenvalue weighted by Crippen LogP contribution is 2.20. The van der Waals surface area contributed by atoms with Crippen LogP contribution < -0.4 is 4.72 Å². The van der Waals surface area contributed by atoms with Crippen LogP contribution in [0.25, 0.3) is 0 Å². The molecule has 0 radical (unpaired) electrons. The van der Waals surface area contributed by atoms with E-state index in [0.717, 1.165) is 24.5 Å². The first-order valence-electron chi connectivity index (χ1n) is 5.34. The molecule has 0 bridgehead atoms. The third-order valence-electron chi connectivity index (χ3n) is 2.22. The monoisotopic (exact) mass is 296 g/mol. The standard InChI is InChI=1S/C12H9FN2O4S/c13-10-3-4-12(9(6-10)2-1-5-16)20(17,18)15-11-7-14-19-8-11/h3-4,6-8,15-16H,5H2. The number of benzene rings is 1. The van der Waals surface area contributed by atoms with Crippen LogP contribution in [-0.2, 0) is 10.0 Å². The first-order valence-corrected chi connectivity index (χ1v) is 6.83. The van der Waals surface area contributed by atoms with Gasteiger partial charge in [0, 0.05) is 5.56 Å². The Balaban J connectivity index is 2.45. The van der Waals surface area contributed by atoms with Crippen LogP contribution in [0.5, 0.6) is 0 Å². The van der Waals surface area contributed by atoms with Crippen molar-refractivity contribution in [1.82, 2.24) is 5.16 Å². The van der Waals surface area contributed by atoms with Crippen molar-refractivity contribution in [2.75, 3.05) is 11.3 Å². The molecule has 104 valence electrons. The lowest BCUT2D eigenvalue weighted by atomic mass is 10.2. The minimum Gasteiger partial charge on any atom is -0.384 e. The van der Waals surface area contributed by atoms with Crippen LogP contribution in [0.2, 0.25) is 0 Å². The van der Waals surface area contributed by atoms with Crippen molar-refractivity contribution < 1.29 is 22.4 Å². The average Bonchev–Trinajstić information content (AvgIpc) is 2.88. The smallest absolute Gasteiger partial charge is 0.263 e. The fourth-order valence-corrected chi connectivity index (χ4v) is 2.60. The van der Waals surface area contributed by atoms with E-state index in [-0.39, 0.29) is 16.1 Å². The molecule has 0 unspecified atom stereocenters. The summed E-state index contributed by atoms with van der Waals surface area (Å²) in [5.74, 6) is 4.04. The summed E-state index contributed by atoms with van der Waals surface area (Å²) in [5.41, 5.74) is 0.0818. The fraction of sp³-hybridized carbons (Fsp3) is 0.0833. The number of hydrogen-bond acceptors (Lipinski definition) is 5. The summed E-state index contributed by atoms with van der Waals surface area (Å²) in [6.07, 6.45) is 2.29. The Hall–Kier alpha value is -2.37. The van der Waals surface area contributed by atoms with Gasteiger partial charge in [0.05, 0.1) is 6.20 Å². The second kappa shape index (κ2) is 5.73. The molecule has 8 heteroatoms. The summed E-state index contributed by atoms with van der Waals surface area (Å²) in [7, 11) is -3.96. The predicted molar refractivity (Wildman–Crippen MR) is 67.7 cm³/mol. The molecule has 0 aliphatic heterocycles. The van der Waals surface area contributed by atoms with Gasteiger partial charge < -0.3 is 9.63 Å². The molecule has 2 aromatic rings. The average molecular weight is 296 g/mol. The molecule has 1 aromatic carbocycles. The molecule has 1 aromatic heterocycles. The number of halogens is 1. The number of nitrogens with one attached hydrogen (secondary N) is 1. The van der Waals surface area contributed by atoms with Gasteiger partial charge in [0.1, 0.15) is 29.3 Å². The number of nitrogens with zero attached hydrogens (tertiary/aromatic N) is 1. The zero-order valence-corrected chi connectivity index (χ0v) is 10.8. The van der Waals surface area contributed by atoms with Crippen LogP contribution in [0, 0.1) is 17.7 Å². The maximum atomic E-state index is 13.2. The summed E-state index contributed by atoms with van der Waals surface area (Å²) in [6.45, 7) is -0.463. The Morgan fingerprint density at radius 3 is 2.90 bits per heavy atom. The van der Waals surface area contributed by atoms with Gasteiger partial charge in [-0.15, -0.1) is 0 Å². The second-order valence-electron chi connectivity index (χ2n) is 3.62. The van der Waals surface area contributed by atoms with E-state index >= 15 is 0 Å². The van der Waals surface area contributed by atoms with Gasteiger partial charge in [-0.3, -0.25) is 4.72 Å². The summed E-state index contributed by atoms with van der Waals surface area (Å²) in [5, 5.41) is 12.0. The third kappa shape index (κ3) is 3.14. The minimum atomic E-state index is -3.96. The summed E-state index contributed by atoms with van der Waals surface area (Å²) < 4.78 is 44.2. The zero-order chi connectivity index (χ0) is 14.6. The molecule has 0 atom stereocenters. The number of hydrogen-bond donors (Lipinski definition) is 2. The fourth-order valence-electron chi connectivity index (χ4n) is 1.43.